The Labute approximate surface area is 163 Å². The second-order valence-corrected chi connectivity index (χ2v) is 6.55. The predicted octanol–water partition coefficient (Wildman–Crippen LogP) is 5.87. The van der Waals surface area contributed by atoms with Crippen molar-refractivity contribution in [3.8, 4) is 34.1 Å². The molecule has 0 radical (unpaired) electrons. The van der Waals surface area contributed by atoms with Crippen LogP contribution >= 0.6 is 0 Å². The molecule has 4 nitrogen and oxygen atoms in total. The molecule has 0 aliphatic heterocycles. The Hall–Kier alpha value is -3.40. The van der Waals surface area contributed by atoms with Crippen molar-refractivity contribution in [3.63, 3.8) is 0 Å². The number of ether oxygens (including phenoxy) is 2. The van der Waals surface area contributed by atoms with Crippen LogP contribution in [0.5, 0.6) is 23.0 Å². The van der Waals surface area contributed by atoms with Gasteiger partial charge in [0.25, 0.3) is 0 Å². The summed E-state index contributed by atoms with van der Waals surface area (Å²) in [6.07, 6.45) is 0. The van der Waals surface area contributed by atoms with Gasteiger partial charge < -0.3 is 19.7 Å². The van der Waals surface area contributed by atoms with E-state index < -0.39 is 0 Å². The molecule has 0 aromatic heterocycles. The van der Waals surface area contributed by atoms with Crippen LogP contribution in [0.1, 0.15) is 13.8 Å². The van der Waals surface area contributed by atoms with Crippen molar-refractivity contribution >= 4 is 21.5 Å². The Morgan fingerprint density at radius 3 is 1.39 bits per heavy atom. The van der Waals surface area contributed by atoms with Crippen molar-refractivity contribution in [2.45, 2.75) is 13.8 Å². The van der Waals surface area contributed by atoms with Gasteiger partial charge in [-0.3, -0.25) is 0 Å². The number of aromatic hydroxyl groups is 2. The van der Waals surface area contributed by atoms with Crippen LogP contribution in [0.2, 0.25) is 0 Å². The van der Waals surface area contributed by atoms with E-state index in [9.17, 15) is 10.2 Å². The molecular weight excluding hydrogens is 352 g/mol. The molecule has 28 heavy (non-hydrogen) atoms. The number of hydrogen-bond donors (Lipinski definition) is 2. The van der Waals surface area contributed by atoms with Crippen molar-refractivity contribution in [1.29, 1.82) is 0 Å². The van der Waals surface area contributed by atoms with Crippen LogP contribution in [0.4, 0.5) is 0 Å². The molecule has 4 rings (SSSR count). The standard InChI is InChI=1S/C24H22O4/c1-3-27-17-9-5-15-7-11-21(25)23(19(15)13-17)24-20-14-18(28-4-2)10-6-16(20)8-12-22(24)26/h5-14,25-26H,3-4H2,1-2H3. The lowest BCUT2D eigenvalue weighted by Crippen LogP contribution is -1.93. The third kappa shape index (κ3) is 3.07. The van der Waals surface area contributed by atoms with Crippen LogP contribution in [0.3, 0.4) is 0 Å². The third-order valence-electron chi connectivity index (χ3n) is 4.81. The molecule has 0 atom stereocenters. The minimum atomic E-state index is 0.103. The van der Waals surface area contributed by atoms with E-state index in [4.69, 9.17) is 9.47 Å². The minimum Gasteiger partial charge on any atom is -0.507 e. The van der Waals surface area contributed by atoms with Gasteiger partial charge in [-0.15, -0.1) is 0 Å². The number of phenols is 2. The Kier molecular flexibility index (Phi) is 4.70. The molecule has 0 amide bonds. The monoisotopic (exact) mass is 374 g/mol. The van der Waals surface area contributed by atoms with Gasteiger partial charge in [-0.05, 0) is 71.8 Å². The van der Waals surface area contributed by atoms with Crippen molar-refractivity contribution in [2.75, 3.05) is 13.2 Å². The summed E-state index contributed by atoms with van der Waals surface area (Å²) in [5, 5.41) is 25.0. The summed E-state index contributed by atoms with van der Waals surface area (Å²) in [5.41, 5.74) is 1.16. The Morgan fingerprint density at radius 1 is 0.607 bits per heavy atom. The summed E-state index contributed by atoms with van der Waals surface area (Å²) < 4.78 is 11.3. The normalized spacial score (nSPS) is 11.1. The van der Waals surface area contributed by atoms with E-state index in [-0.39, 0.29) is 11.5 Å². The average molecular weight is 374 g/mol. The van der Waals surface area contributed by atoms with E-state index >= 15 is 0 Å². The van der Waals surface area contributed by atoms with Crippen LogP contribution in [0.25, 0.3) is 32.7 Å². The molecule has 4 aromatic rings. The molecule has 0 fully saturated rings. The number of fused-ring (bicyclic) bond motifs is 2. The fourth-order valence-corrected chi connectivity index (χ4v) is 3.61. The number of rotatable bonds is 5. The highest BCUT2D eigenvalue weighted by Gasteiger charge is 2.17. The maximum Gasteiger partial charge on any atom is 0.124 e. The van der Waals surface area contributed by atoms with Crippen LogP contribution in [-0.2, 0) is 0 Å². The second-order valence-electron chi connectivity index (χ2n) is 6.55. The van der Waals surface area contributed by atoms with Gasteiger partial charge in [0, 0.05) is 11.1 Å². The molecule has 142 valence electrons. The van der Waals surface area contributed by atoms with E-state index in [2.05, 4.69) is 0 Å². The zero-order valence-corrected chi connectivity index (χ0v) is 15.9. The molecule has 2 N–H and O–H groups in total. The summed E-state index contributed by atoms with van der Waals surface area (Å²) in [5.74, 6) is 1.64. The second kappa shape index (κ2) is 7.31. The van der Waals surface area contributed by atoms with Crippen molar-refractivity contribution < 1.29 is 19.7 Å². The van der Waals surface area contributed by atoms with Crippen molar-refractivity contribution in [2.24, 2.45) is 0 Å². The molecule has 0 unspecified atom stereocenters. The molecule has 0 spiro atoms. The zero-order chi connectivity index (χ0) is 19.7. The lowest BCUT2D eigenvalue weighted by atomic mass is 9.92. The first-order valence-corrected chi connectivity index (χ1v) is 9.39. The highest BCUT2D eigenvalue weighted by molar-refractivity contribution is 6.10. The van der Waals surface area contributed by atoms with Gasteiger partial charge in [0.05, 0.1) is 13.2 Å². The van der Waals surface area contributed by atoms with E-state index in [1.165, 1.54) is 0 Å². The van der Waals surface area contributed by atoms with Crippen molar-refractivity contribution in [1.82, 2.24) is 0 Å². The quantitative estimate of drug-likeness (QED) is 0.459. The minimum absolute atomic E-state index is 0.103. The van der Waals surface area contributed by atoms with Gasteiger partial charge in [-0.25, -0.2) is 0 Å². The molecule has 0 saturated carbocycles. The molecule has 0 saturated heterocycles. The molecule has 4 aromatic carbocycles. The van der Waals surface area contributed by atoms with Gasteiger partial charge >= 0.3 is 0 Å². The topological polar surface area (TPSA) is 58.9 Å². The van der Waals surface area contributed by atoms with E-state index in [0.717, 1.165) is 33.0 Å². The predicted molar refractivity (Wildman–Crippen MR) is 113 cm³/mol. The van der Waals surface area contributed by atoms with E-state index in [1.54, 1.807) is 12.1 Å². The first kappa shape index (κ1) is 18.0. The molecule has 0 aliphatic rings. The van der Waals surface area contributed by atoms with E-state index in [0.29, 0.717) is 24.3 Å². The molecule has 0 heterocycles. The van der Waals surface area contributed by atoms with Gasteiger partial charge in [0.1, 0.15) is 23.0 Å². The summed E-state index contributed by atoms with van der Waals surface area (Å²) >= 11 is 0. The highest BCUT2D eigenvalue weighted by Crippen LogP contribution is 2.45. The first-order chi connectivity index (χ1) is 13.6. The van der Waals surface area contributed by atoms with Gasteiger partial charge in [0.15, 0.2) is 0 Å². The highest BCUT2D eigenvalue weighted by atomic mass is 16.5. The average Bonchev–Trinajstić information content (AvgIpc) is 2.69. The number of hydrogen-bond acceptors (Lipinski definition) is 4. The Balaban J connectivity index is 2.07. The lowest BCUT2D eigenvalue weighted by molar-refractivity contribution is 0.340. The lowest BCUT2D eigenvalue weighted by Gasteiger charge is -2.16. The van der Waals surface area contributed by atoms with Crippen LogP contribution in [0.15, 0.2) is 60.7 Å². The van der Waals surface area contributed by atoms with Crippen LogP contribution < -0.4 is 9.47 Å². The smallest absolute Gasteiger partial charge is 0.124 e. The Morgan fingerprint density at radius 2 is 1.00 bits per heavy atom. The SMILES string of the molecule is CCOc1ccc2ccc(O)c(-c3c(O)ccc4ccc(OCC)cc34)c2c1. The summed E-state index contributed by atoms with van der Waals surface area (Å²) in [6.45, 7) is 4.96. The van der Waals surface area contributed by atoms with Gasteiger partial charge in [-0.1, -0.05) is 24.3 Å². The maximum atomic E-state index is 10.8. The molecule has 0 aliphatic carbocycles. The largest absolute Gasteiger partial charge is 0.507 e. The third-order valence-corrected chi connectivity index (χ3v) is 4.81. The number of phenolic OH excluding ortho intramolecular Hbond substituents is 2. The summed E-state index contributed by atoms with van der Waals surface area (Å²) in [4.78, 5) is 0. The fourth-order valence-electron chi connectivity index (χ4n) is 3.61. The summed E-state index contributed by atoms with van der Waals surface area (Å²) in [7, 11) is 0. The van der Waals surface area contributed by atoms with E-state index in [1.807, 2.05) is 62.4 Å². The fraction of sp³-hybridized carbons (Fsp3) is 0.167. The molecule has 0 bridgehead atoms. The molecular formula is C24H22O4. The maximum absolute atomic E-state index is 10.8. The van der Waals surface area contributed by atoms with Gasteiger partial charge in [-0.2, -0.15) is 0 Å². The van der Waals surface area contributed by atoms with Crippen LogP contribution in [0, 0.1) is 0 Å². The zero-order valence-electron chi connectivity index (χ0n) is 15.9. The Bertz CT molecular complexity index is 1070. The van der Waals surface area contributed by atoms with Crippen molar-refractivity contribution in [3.05, 3.63) is 60.7 Å². The first-order valence-electron chi connectivity index (χ1n) is 9.39. The van der Waals surface area contributed by atoms with Gasteiger partial charge in [0.2, 0.25) is 0 Å². The molecule has 4 heteroatoms. The summed E-state index contributed by atoms with van der Waals surface area (Å²) in [6, 6.07) is 18.6. The number of benzene rings is 4. The van der Waals surface area contributed by atoms with Crippen LogP contribution in [-0.4, -0.2) is 23.4 Å².